The average molecular weight is 486 g/mol. The van der Waals surface area contributed by atoms with Crippen molar-refractivity contribution in [2.24, 2.45) is 5.92 Å². The van der Waals surface area contributed by atoms with Crippen molar-refractivity contribution >= 4 is 35.2 Å². The molecule has 0 radical (unpaired) electrons. The highest BCUT2D eigenvalue weighted by molar-refractivity contribution is 6.30. The van der Waals surface area contributed by atoms with Crippen molar-refractivity contribution in [2.45, 2.75) is 32.6 Å². The van der Waals surface area contributed by atoms with Crippen LogP contribution in [0.4, 0.5) is 10.5 Å². The van der Waals surface area contributed by atoms with E-state index in [1.807, 2.05) is 30.3 Å². The maximum Gasteiger partial charge on any atom is 0.321 e. The lowest BCUT2D eigenvalue weighted by Gasteiger charge is -2.32. The van der Waals surface area contributed by atoms with Gasteiger partial charge in [-0.3, -0.25) is 9.59 Å². The molecule has 182 valence electrons. The van der Waals surface area contributed by atoms with Crippen LogP contribution in [-0.2, 0) is 20.7 Å². The van der Waals surface area contributed by atoms with Crippen LogP contribution in [-0.4, -0.2) is 60.5 Å². The number of urea groups is 1. The van der Waals surface area contributed by atoms with Crippen molar-refractivity contribution in [3.63, 3.8) is 0 Å². The van der Waals surface area contributed by atoms with Gasteiger partial charge in [-0.1, -0.05) is 41.9 Å². The first kappa shape index (κ1) is 25.6. The number of hydrogen-bond donors (Lipinski definition) is 1. The monoisotopic (exact) mass is 485 g/mol. The highest BCUT2D eigenvalue weighted by Gasteiger charge is 2.29. The number of halogens is 1. The zero-order chi connectivity index (χ0) is 24.3. The second kappa shape index (κ2) is 13.0. The molecule has 1 N–H and O–H groups in total. The maximum atomic E-state index is 13.0. The molecular weight excluding hydrogens is 454 g/mol. The summed E-state index contributed by atoms with van der Waals surface area (Å²) in [6.07, 6.45) is 2.37. The van der Waals surface area contributed by atoms with Crippen LogP contribution in [0.2, 0.25) is 5.02 Å². The predicted molar refractivity (Wildman–Crippen MR) is 133 cm³/mol. The number of nitrogens with zero attached hydrogens (tertiary/aromatic N) is 2. The minimum Gasteiger partial charge on any atom is -0.466 e. The van der Waals surface area contributed by atoms with Crippen molar-refractivity contribution in [2.75, 3.05) is 38.1 Å². The van der Waals surface area contributed by atoms with Crippen LogP contribution in [0.15, 0.2) is 54.6 Å². The normalized spacial score (nSPS) is 15.5. The predicted octanol–water partition coefficient (Wildman–Crippen LogP) is 4.61. The fraction of sp³-hybridized carbons (Fsp3) is 0.423. The molecule has 0 aliphatic carbocycles. The van der Waals surface area contributed by atoms with E-state index in [4.69, 9.17) is 16.3 Å². The van der Waals surface area contributed by atoms with E-state index in [1.54, 1.807) is 41.0 Å². The number of rotatable bonds is 9. The molecule has 1 fully saturated rings. The molecule has 0 bridgehead atoms. The standard InChI is InChI=1S/C26H32ClN3O4/c1-2-34-25(32)21-9-6-16-30(19-21)24(31)15-18-29(17-14-20-7-4-3-5-8-20)26(33)28-23-12-10-22(27)11-13-23/h3-5,7-8,10-13,21H,2,6,9,14-19H2,1H3,(H,28,33). The van der Waals surface area contributed by atoms with E-state index in [2.05, 4.69) is 5.32 Å². The molecule has 8 heteroatoms. The largest absolute Gasteiger partial charge is 0.466 e. The van der Waals surface area contributed by atoms with Gasteiger partial charge in [0.05, 0.1) is 12.5 Å². The van der Waals surface area contributed by atoms with Crippen molar-refractivity contribution in [1.29, 1.82) is 0 Å². The van der Waals surface area contributed by atoms with E-state index in [0.717, 1.165) is 18.4 Å². The summed E-state index contributed by atoms with van der Waals surface area (Å²) in [7, 11) is 0. The lowest BCUT2D eigenvalue weighted by molar-refractivity contribution is -0.151. The lowest BCUT2D eigenvalue weighted by atomic mass is 9.98. The third kappa shape index (κ3) is 7.76. The lowest BCUT2D eigenvalue weighted by Crippen LogP contribution is -2.44. The van der Waals surface area contributed by atoms with Crippen molar-refractivity contribution < 1.29 is 19.1 Å². The van der Waals surface area contributed by atoms with Gasteiger partial charge in [-0.25, -0.2) is 4.79 Å². The Balaban J connectivity index is 1.60. The van der Waals surface area contributed by atoms with Crippen LogP contribution in [0, 0.1) is 5.92 Å². The van der Waals surface area contributed by atoms with E-state index in [9.17, 15) is 14.4 Å². The Bertz CT molecular complexity index is 952. The van der Waals surface area contributed by atoms with Crippen LogP contribution in [0.5, 0.6) is 0 Å². The van der Waals surface area contributed by atoms with E-state index >= 15 is 0 Å². The number of piperidine rings is 1. The summed E-state index contributed by atoms with van der Waals surface area (Å²) in [5, 5.41) is 3.48. The number of anilines is 1. The van der Waals surface area contributed by atoms with Gasteiger partial charge in [0, 0.05) is 43.3 Å². The Morgan fingerprint density at radius 2 is 1.82 bits per heavy atom. The Hall–Kier alpha value is -3.06. The number of amides is 3. The second-order valence-electron chi connectivity index (χ2n) is 8.34. The number of esters is 1. The molecule has 1 atom stereocenters. The highest BCUT2D eigenvalue weighted by atomic mass is 35.5. The van der Waals surface area contributed by atoms with Crippen LogP contribution in [0.25, 0.3) is 0 Å². The molecule has 34 heavy (non-hydrogen) atoms. The van der Waals surface area contributed by atoms with Crippen molar-refractivity contribution in [3.05, 3.63) is 65.2 Å². The van der Waals surface area contributed by atoms with Gasteiger partial charge in [0.2, 0.25) is 5.91 Å². The van der Waals surface area contributed by atoms with Crippen LogP contribution in [0.1, 0.15) is 31.7 Å². The van der Waals surface area contributed by atoms with Crippen LogP contribution >= 0.6 is 11.6 Å². The number of carbonyl (C=O) groups is 3. The summed E-state index contributed by atoms with van der Waals surface area (Å²) in [6, 6.07) is 16.6. The molecule has 2 aromatic carbocycles. The summed E-state index contributed by atoms with van der Waals surface area (Å²) in [4.78, 5) is 41.4. The fourth-order valence-electron chi connectivity index (χ4n) is 4.00. The molecule has 2 aromatic rings. The third-order valence-corrected chi connectivity index (χ3v) is 6.14. The Morgan fingerprint density at radius 1 is 1.09 bits per heavy atom. The first-order valence-corrected chi connectivity index (χ1v) is 12.1. The van der Waals surface area contributed by atoms with Gasteiger partial charge in [-0.2, -0.15) is 0 Å². The summed E-state index contributed by atoms with van der Waals surface area (Å²) in [6.45, 7) is 3.87. The van der Waals surface area contributed by atoms with E-state index in [-0.39, 0.29) is 36.8 Å². The van der Waals surface area contributed by atoms with Gasteiger partial charge in [0.1, 0.15) is 0 Å². The highest BCUT2D eigenvalue weighted by Crippen LogP contribution is 2.19. The van der Waals surface area contributed by atoms with Gasteiger partial charge < -0.3 is 19.9 Å². The van der Waals surface area contributed by atoms with Gasteiger partial charge in [-0.05, 0) is 56.0 Å². The molecule has 0 spiro atoms. The first-order valence-electron chi connectivity index (χ1n) is 11.8. The second-order valence-corrected chi connectivity index (χ2v) is 8.78. The quantitative estimate of drug-likeness (QED) is 0.526. The van der Waals surface area contributed by atoms with Crippen molar-refractivity contribution in [1.82, 2.24) is 9.80 Å². The molecule has 1 heterocycles. The molecule has 0 saturated carbocycles. The average Bonchev–Trinajstić information content (AvgIpc) is 2.86. The number of hydrogen-bond acceptors (Lipinski definition) is 4. The molecule has 1 aliphatic heterocycles. The van der Waals surface area contributed by atoms with Gasteiger partial charge in [0.15, 0.2) is 0 Å². The van der Waals surface area contributed by atoms with Crippen LogP contribution < -0.4 is 5.32 Å². The van der Waals surface area contributed by atoms with Gasteiger partial charge >= 0.3 is 12.0 Å². The SMILES string of the molecule is CCOC(=O)C1CCCN(C(=O)CCN(CCc2ccccc2)C(=O)Nc2ccc(Cl)cc2)C1. The minimum absolute atomic E-state index is 0.0574. The first-order chi connectivity index (χ1) is 16.5. The zero-order valence-electron chi connectivity index (χ0n) is 19.5. The molecule has 0 aromatic heterocycles. The molecule has 3 amide bonds. The third-order valence-electron chi connectivity index (χ3n) is 5.89. The zero-order valence-corrected chi connectivity index (χ0v) is 20.3. The van der Waals surface area contributed by atoms with E-state index in [0.29, 0.717) is 43.4 Å². The van der Waals surface area contributed by atoms with Crippen LogP contribution in [0.3, 0.4) is 0 Å². The summed E-state index contributed by atoms with van der Waals surface area (Å²) >= 11 is 5.94. The fourth-order valence-corrected chi connectivity index (χ4v) is 4.13. The molecule has 1 unspecified atom stereocenters. The van der Waals surface area contributed by atoms with E-state index < -0.39 is 0 Å². The van der Waals surface area contributed by atoms with E-state index in [1.165, 1.54) is 0 Å². The van der Waals surface area contributed by atoms with Crippen molar-refractivity contribution in [3.8, 4) is 0 Å². The van der Waals surface area contributed by atoms with Gasteiger partial charge in [0.25, 0.3) is 0 Å². The Morgan fingerprint density at radius 3 is 2.53 bits per heavy atom. The maximum absolute atomic E-state index is 13.0. The number of ether oxygens (including phenoxy) is 1. The Labute approximate surface area is 206 Å². The molecule has 7 nitrogen and oxygen atoms in total. The topological polar surface area (TPSA) is 79.0 Å². The summed E-state index contributed by atoms with van der Waals surface area (Å²) < 4.78 is 5.13. The number of likely N-dealkylation sites (tertiary alicyclic amines) is 1. The van der Waals surface area contributed by atoms with Gasteiger partial charge in [-0.15, -0.1) is 0 Å². The number of nitrogens with one attached hydrogen (secondary N) is 1. The Kier molecular flexibility index (Phi) is 9.76. The summed E-state index contributed by atoms with van der Waals surface area (Å²) in [5.41, 5.74) is 1.75. The smallest absolute Gasteiger partial charge is 0.321 e. The molecular formula is C26H32ClN3O4. The molecule has 1 aliphatic rings. The number of benzene rings is 2. The molecule has 3 rings (SSSR count). The summed E-state index contributed by atoms with van der Waals surface area (Å²) in [5.74, 6) is -0.579. The minimum atomic E-state index is -0.278. The number of carbonyl (C=O) groups excluding carboxylic acids is 3. The molecule has 1 saturated heterocycles.